The summed E-state index contributed by atoms with van der Waals surface area (Å²) in [6, 6.07) is 8.49. The highest BCUT2D eigenvalue weighted by Crippen LogP contribution is 2.30. The second-order valence-electron chi connectivity index (χ2n) is 6.84. The summed E-state index contributed by atoms with van der Waals surface area (Å²) in [5.74, 6) is 1.03. The molecule has 0 atom stereocenters. The van der Waals surface area contributed by atoms with Gasteiger partial charge in [-0.05, 0) is 50.0 Å². The van der Waals surface area contributed by atoms with Crippen LogP contribution >= 0.6 is 11.6 Å². The first-order valence-electron chi connectivity index (χ1n) is 9.55. The minimum atomic E-state index is -0.431. The van der Waals surface area contributed by atoms with Crippen molar-refractivity contribution in [3.05, 3.63) is 65.0 Å². The summed E-state index contributed by atoms with van der Waals surface area (Å²) in [6.45, 7) is 8.33. The van der Waals surface area contributed by atoms with Gasteiger partial charge in [-0.2, -0.15) is 0 Å². The number of halogens is 2. The Balaban J connectivity index is 1.80. The van der Waals surface area contributed by atoms with E-state index in [1.807, 2.05) is 19.1 Å². The van der Waals surface area contributed by atoms with Crippen molar-refractivity contribution in [1.29, 1.82) is 0 Å². The van der Waals surface area contributed by atoms with Gasteiger partial charge in [0.25, 0.3) is 0 Å². The molecular weight excluding hydrogens is 405 g/mol. The van der Waals surface area contributed by atoms with E-state index in [2.05, 4.69) is 21.6 Å². The van der Waals surface area contributed by atoms with Gasteiger partial charge in [0, 0.05) is 41.8 Å². The number of hydrogen-bond acceptors (Lipinski definition) is 5. The van der Waals surface area contributed by atoms with E-state index < -0.39 is 5.82 Å². The maximum atomic E-state index is 14.8. The van der Waals surface area contributed by atoms with Gasteiger partial charge >= 0.3 is 0 Å². The van der Waals surface area contributed by atoms with Crippen LogP contribution in [0.5, 0.6) is 0 Å². The zero-order chi connectivity index (χ0) is 21.1. The van der Waals surface area contributed by atoms with Crippen LogP contribution in [0.4, 0.5) is 10.2 Å². The number of rotatable bonds is 5. The summed E-state index contributed by atoms with van der Waals surface area (Å²) in [6.07, 6.45) is 5.06. The van der Waals surface area contributed by atoms with Crippen LogP contribution in [0, 0.1) is 12.7 Å². The quantitative estimate of drug-likeness (QED) is 0.563. The predicted molar refractivity (Wildman–Crippen MR) is 118 cm³/mol. The van der Waals surface area contributed by atoms with Crippen LogP contribution in [0.15, 0.2) is 47.7 Å². The van der Waals surface area contributed by atoms with Gasteiger partial charge in [-0.25, -0.2) is 14.4 Å². The Morgan fingerprint density at radius 3 is 2.70 bits per heavy atom. The average Bonchev–Trinajstić information content (AvgIpc) is 3.09. The fourth-order valence-electron chi connectivity index (χ4n) is 3.45. The maximum Gasteiger partial charge on any atom is 0.148 e. The summed E-state index contributed by atoms with van der Waals surface area (Å²) >= 11 is 5.95. The molecule has 0 unspecified atom stereocenters. The number of hydrogen-bond donors (Lipinski definition) is 0. The number of ether oxygens (including phenoxy) is 1. The summed E-state index contributed by atoms with van der Waals surface area (Å²) in [5.41, 5.74) is 2.57. The Bertz CT molecular complexity index is 1090. The van der Waals surface area contributed by atoms with Gasteiger partial charge < -0.3 is 9.64 Å². The second kappa shape index (κ2) is 8.77. The number of morpholine rings is 1. The zero-order valence-electron chi connectivity index (χ0n) is 16.6. The van der Waals surface area contributed by atoms with Gasteiger partial charge in [-0.15, -0.1) is 0 Å². The van der Waals surface area contributed by atoms with Crippen molar-refractivity contribution >= 4 is 30.2 Å². The molecule has 6 nitrogen and oxygen atoms in total. The summed E-state index contributed by atoms with van der Waals surface area (Å²) in [4.78, 5) is 15.2. The Morgan fingerprint density at radius 1 is 1.23 bits per heavy atom. The number of imidazole rings is 1. The van der Waals surface area contributed by atoms with Gasteiger partial charge in [-0.3, -0.25) is 9.56 Å². The molecule has 0 aliphatic carbocycles. The van der Waals surface area contributed by atoms with Gasteiger partial charge in [0.15, 0.2) is 0 Å². The van der Waals surface area contributed by atoms with Crippen molar-refractivity contribution in [2.45, 2.75) is 6.92 Å². The van der Waals surface area contributed by atoms with E-state index in [1.165, 1.54) is 6.07 Å². The molecule has 0 amide bonds. The maximum absolute atomic E-state index is 14.8. The summed E-state index contributed by atoms with van der Waals surface area (Å²) in [5, 5.41) is 0.336. The molecule has 154 valence electrons. The van der Waals surface area contributed by atoms with Crippen LogP contribution in [0.25, 0.3) is 23.2 Å². The van der Waals surface area contributed by atoms with E-state index in [-0.39, 0.29) is 0 Å². The number of aliphatic imine (C=N–C) groups is 1. The van der Waals surface area contributed by atoms with E-state index in [4.69, 9.17) is 21.3 Å². The molecule has 3 aromatic rings. The Labute approximate surface area is 179 Å². The highest BCUT2D eigenvalue weighted by molar-refractivity contribution is 6.30. The molecule has 2 aromatic heterocycles. The smallest absolute Gasteiger partial charge is 0.148 e. The van der Waals surface area contributed by atoms with Crippen LogP contribution in [-0.4, -0.2) is 47.6 Å². The first kappa shape index (κ1) is 20.3. The third kappa shape index (κ3) is 3.99. The first-order valence-corrected chi connectivity index (χ1v) is 9.92. The third-order valence-corrected chi connectivity index (χ3v) is 5.21. The van der Waals surface area contributed by atoms with E-state index >= 15 is 0 Å². The number of pyridine rings is 1. The number of nitrogens with zero attached hydrogens (tertiary/aromatic N) is 5. The summed E-state index contributed by atoms with van der Waals surface area (Å²) in [7, 11) is 0. The molecule has 1 aliphatic rings. The van der Waals surface area contributed by atoms with E-state index in [0.29, 0.717) is 35.4 Å². The molecule has 0 N–H and O–H groups in total. The first-order chi connectivity index (χ1) is 14.6. The highest BCUT2D eigenvalue weighted by atomic mass is 35.5. The van der Waals surface area contributed by atoms with Crippen molar-refractivity contribution in [1.82, 2.24) is 14.5 Å². The Kier molecular flexibility index (Phi) is 5.92. The van der Waals surface area contributed by atoms with E-state index in [0.717, 1.165) is 30.2 Å². The van der Waals surface area contributed by atoms with Gasteiger partial charge in [0.1, 0.15) is 17.5 Å². The lowest BCUT2D eigenvalue weighted by Gasteiger charge is -2.27. The number of aromatic nitrogens is 3. The Morgan fingerprint density at radius 2 is 2.03 bits per heavy atom. The lowest BCUT2D eigenvalue weighted by Crippen LogP contribution is -2.36. The topological polar surface area (TPSA) is 55.5 Å². The molecule has 1 saturated heterocycles. The fourth-order valence-corrected chi connectivity index (χ4v) is 3.61. The van der Waals surface area contributed by atoms with Crippen molar-refractivity contribution in [3.63, 3.8) is 0 Å². The number of benzene rings is 1. The molecule has 8 heteroatoms. The molecule has 0 bridgehead atoms. The molecule has 4 rings (SSSR count). The van der Waals surface area contributed by atoms with Crippen LogP contribution in [0.1, 0.15) is 11.4 Å². The average molecular weight is 426 g/mol. The van der Waals surface area contributed by atoms with E-state index in [1.54, 1.807) is 35.2 Å². The molecule has 1 fully saturated rings. The minimum absolute atomic E-state index is 0.336. The monoisotopic (exact) mass is 425 g/mol. The largest absolute Gasteiger partial charge is 0.378 e. The van der Waals surface area contributed by atoms with Gasteiger partial charge in [0.2, 0.25) is 0 Å². The van der Waals surface area contributed by atoms with Crippen LogP contribution in [0.3, 0.4) is 0 Å². The molecule has 3 heterocycles. The normalized spacial score (nSPS) is 14.4. The molecular formula is C22H21ClFN5O. The SMILES string of the molecule is C=N/C=C\c1nc(-c2ccc(N3CCOCC3)nc2)n(-c2ccc(Cl)cc2F)c1C. The zero-order valence-corrected chi connectivity index (χ0v) is 17.3. The van der Waals surface area contributed by atoms with Gasteiger partial charge in [-0.1, -0.05) is 11.6 Å². The highest BCUT2D eigenvalue weighted by Gasteiger charge is 2.19. The molecule has 0 saturated carbocycles. The van der Waals surface area contributed by atoms with Crippen molar-refractivity contribution in [2.75, 3.05) is 31.2 Å². The number of anilines is 1. The summed E-state index contributed by atoms with van der Waals surface area (Å²) < 4.78 is 21.9. The van der Waals surface area contributed by atoms with Crippen molar-refractivity contribution in [2.24, 2.45) is 4.99 Å². The van der Waals surface area contributed by atoms with Gasteiger partial charge in [0.05, 0.1) is 24.6 Å². The third-order valence-electron chi connectivity index (χ3n) is 4.97. The lowest BCUT2D eigenvalue weighted by molar-refractivity contribution is 0.122. The second-order valence-corrected chi connectivity index (χ2v) is 7.28. The molecule has 30 heavy (non-hydrogen) atoms. The molecule has 0 spiro atoms. The molecule has 0 radical (unpaired) electrons. The minimum Gasteiger partial charge on any atom is -0.378 e. The van der Waals surface area contributed by atoms with Crippen LogP contribution < -0.4 is 4.90 Å². The Hall–Kier alpha value is -3.03. The van der Waals surface area contributed by atoms with Crippen molar-refractivity contribution < 1.29 is 9.13 Å². The molecule has 1 aliphatic heterocycles. The lowest BCUT2D eigenvalue weighted by atomic mass is 10.2. The molecule has 1 aromatic carbocycles. The van der Waals surface area contributed by atoms with Crippen LogP contribution in [-0.2, 0) is 4.74 Å². The van der Waals surface area contributed by atoms with E-state index in [9.17, 15) is 4.39 Å². The van der Waals surface area contributed by atoms with Crippen LogP contribution in [0.2, 0.25) is 5.02 Å². The standard InChI is InChI=1S/C22H21ClFN5O/c1-15-19(7-8-25-2)27-22(29(15)20-5-4-17(23)13-18(20)24)16-3-6-21(26-14-16)28-9-11-30-12-10-28/h3-8,13-14H,2,9-12H2,1H3/b8-7-. The van der Waals surface area contributed by atoms with Crippen molar-refractivity contribution in [3.8, 4) is 17.1 Å². The predicted octanol–water partition coefficient (Wildman–Crippen LogP) is 4.54. The fraction of sp³-hybridized carbons (Fsp3) is 0.227.